The van der Waals surface area contributed by atoms with E-state index >= 15 is 0 Å². The number of carboxylic acids is 2. The van der Waals surface area contributed by atoms with Crippen molar-refractivity contribution in [3.8, 4) is 5.75 Å². The molecule has 0 aromatic heterocycles. The number of phenolic OH excluding ortho intramolecular Hbond substituents is 1. The van der Waals surface area contributed by atoms with E-state index in [9.17, 15) is 39.6 Å². The van der Waals surface area contributed by atoms with Gasteiger partial charge in [0, 0.05) is 0 Å². The molecular weight excluding hydrogens is 565 g/mol. The fraction of sp³-hybridized carbons (Fsp3) is 0.100. The van der Waals surface area contributed by atoms with E-state index in [0.717, 1.165) is 17.0 Å². The van der Waals surface area contributed by atoms with E-state index < -0.39 is 70.0 Å². The molecule has 3 aromatic rings. The zero-order valence-electron chi connectivity index (χ0n) is 18.0. The van der Waals surface area contributed by atoms with Crippen LogP contribution in [0.2, 0.25) is 0 Å². The van der Waals surface area contributed by atoms with E-state index in [4.69, 9.17) is 10.2 Å². The van der Waals surface area contributed by atoms with Gasteiger partial charge in [-0.2, -0.15) is 0 Å². The zero-order valence-corrected chi connectivity index (χ0v) is 20.6. The van der Waals surface area contributed by atoms with Gasteiger partial charge < -0.3 is 10.2 Å². The molecule has 36 heavy (non-hydrogen) atoms. The second kappa shape index (κ2) is 10.1. The number of phenols is 1. The number of carbonyl (C=O) groups is 2. The Bertz CT molecular complexity index is 1530. The number of benzene rings is 3. The molecule has 0 bridgehead atoms. The number of rotatable bonds is 9. The monoisotopic (exact) mass is 583 g/mol. The predicted molar refractivity (Wildman–Crippen MR) is 124 cm³/mol. The summed E-state index contributed by atoms with van der Waals surface area (Å²) in [7, 11) is -5.03. The van der Waals surface area contributed by atoms with Crippen molar-refractivity contribution in [1.82, 2.24) is 0 Å². The van der Waals surface area contributed by atoms with Crippen LogP contribution in [0.5, 0.6) is 5.75 Å². The number of aromatic hydroxyl groups is 1. The first-order valence-corrected chi connectivity index (χ1v) is 14.5. The maximum atomic E-state index is 12.1. The van der Waals surface area contributed by atoms with Gasteiger partial charge in [-0.3, -0.25) is 9.59 Å². The summed E-state index contributed by atoms with van der Waals surface area (Å²) < 4.78 is 64.2. The van der Waals surface area contributed by atoms with E-state index in [-0.39, 0.29) is 22.1 Å². The van der Waals surface area contributed by atoms with Crippen LogP contribution in [0, 0.1) is 0 Å². The molecule has 3 aromatic carbocycles. The summed E-state index contributed by atoms with van der Waals surface area (Å²) in [5, 5.41) is 36.2. The third-order valence-corrected chi connectivity index (χ3v) is 7.76. The average Bonchev–Trinajstić information content (AvgIpc) is 2.76. The quantitative estimate of drug-likeness (QED) is 0.116. The number of fused-ring (bicyclic) bond motifs is 1. The van der Waals surface area contributed by atoms with Crippen molar-refractivity contribution in [2.75, 3.05) is 18.0 Å². The number of nitrogens with zero attached hydrogens (tertiary/aromatic N) is 3. The molecule has 14 nitrogen and oxygen atoms in total. The molecular formula is C20H18AsN3O11S. The van der Waals surface area contributed by atoms with Crippen LogP contribution in [0.1, 0.15) is 0 Å². The molecule has 6 N–H and O–H groups in total. The molecule has 0 saturated carbocycles. The van der Waals surface area contributed by atoms with Crippen molar-refractivity contribution >= 4 is 68.4 Å². The fourth-order valence-electron chi connectivity index (χ4n) is 3.29. The summed E-state index contributed by atoms with van der Waals surface area (Å²) in [6, 6.07) is 9.71. The summed E-state index contributed by atoms with van der Waals surface area (Å²) in [6.45, 7) is -1.39. The minimum absolute atomic E-state index is 0.0157. The first kappa shape index (κ1) is 26.8. The Balaban J connectivity index is 2.21. The van der Waals surface area contributed by atoms with E-state index in [0.29, 0.717) is 0 Å². The number of hydrogen-bond donors (Lipinski definition) is 6. The van der Waals surface area contributed by atoms with Crippen LogP contribution in [0.15, 0.2) is 63.7 Å². The Hall–Kier alpha value is -3.75. The Labute approximate surface area is 205 Å². The third kappa shape index (κ3) is 6.08. The number of hydrogen-bond acceptors (Lipinski definition) is 9. The van der Waals surface area contributed by atoms with Crippen LogP contribution >= 0.6 is 0 Å². The molecule has 0 spiro atoms. The molecule has 0 fully saturated rings. The van der Waals surface area contributed by atoms with Crippen LogP contribution in [0.3, 0.4) is 0 Å². The van der Waals surface area contributed by atoms with Gasteiger partial charge in [-0.15, -0.1) is 0 Å². The van der Waals surface area contributed by atoms with Gasteiger partial charge in [0.1, 0.15) is 0 Å². The van der Waals surface area contributed by atoms with Crippen molar-refractivity contribution in [2.45, 2.75) is 4.90 Å². The van der Waals surface area contributed by atoms with Gasteiger partial charge in [0.15, 0.2) is 0 Å². The predicted octanol–water partition coefficient (Wildman–Crippen LogP) is 0.744. The second-order valence-corrected chi connectivity index (χ2v) is 12.0. The van der Waals surface area contributed by atoms with Crippen molar-refractivity contribution in [2.24, 2.45) is 10.2 Å². The summed E-state index contributed by atoms with van der Waals surface area (Å²) >= 11 is -5.45. The third-order valence-electron chi connectivity index (χ3n) is 4.78. The van der Waals surface area contributed by atoms with Crippen molar-refractivity contribution in [3.05, 3.63) is 48.5 Å². The normalized spacial score (nSPS) is 12.2. The van der Waals surface area contributed by atoms with E-state index in [1.165, 1.54) is 36.4 Å². The van der Waals surface area contributed by atoms with Gasteiger partial charge in [-0.05, 0) is 0 Å². The van der Waals surface area contributed by atoms with E-state index in [1.807, 2.05) is 0 Å². The van der Waals surface area contributed by atoms with Gasteiger partial charge in [-0.25, -0.2) is 0 Å². The molecule has 16 heteroatoms. The maximum absolute atomic E-state index is 12.1. The summed E-state index contributed by atoms with van der Waals surface area (Å²) in [5.74, 6) is -3.42. The molecule has 3 rings (SSSR count). The molecule has 0 amide bonds. The van der Waals surface area contributed by atoms with E-state index in [2.05, 4.69) is 10.2 Å². The molecule has 0 atom stereocenters. The average molecular weight is 583 g/mol. The standard InChI is InChI=1S/C20H18AsN3O11S/c25-17(26)9-24(10-18(27)28)12-5-6-13-11(7-12)8-16(36(33,34)35)19(20(13)29)23-22-15-4-2-1-3-14(15)21(30,31)32/h1-8,29H,9-10H2,(H,25,26)(H,27,28)(H2,30,31,32)(H,33,34,35). The fourth-order valence-corrected chi connectivity index (χ4v) is 5.42. The van der Waals surface area contributed by atoms with Crippen molar-refractivity contribution in [3.63, 3.8) is 0 Å². The molecule has 190 valence electrons. The van der Waals surface area contributed by atoms with Crippen LogP contribution in [-0.4, -0.2) is 75.7 Å². The van der Waals surface area contributed by atoms with Crippen molar-refractivity contribution in [1.29, 1.82) is 0 Å². The van der Waals surface area contributed by atoms with Crippen LogP contribution in [-0.2, 0) is 23.4 Å². The molecule has 0 aliphatic carbocycles. The number of aliphatic carboxylic acids is 2. The molecule has 0 aliphatic heterocycles. The molecule has 0 unspecified atom stereocenters. The van der Waals surface area contributed by atoms with E-state index in [1.54, 1.807) is 0 Å². The van der Waals surface area contributed by atoms with Gasteiger partial charge >= 0.3 is 186 Å². The van der Waals surface area contributed by atoms with Gasteiger partial charge in [-0.1, -0.05) is 0 Å². The summed E-state index contributed by atoms with van der Waals surface area (Å²) in [5.41, 5.74) is -0.947. The molecule has 0 saturated heterocycles. The number of anilines is 1. The summed E-state index contributed by atoms with van der Waals surface area (Å²) in [6.07, 6.45) is 0. The Kier molecular flexibility index (Phi) is 7.52. The zero-order chi connectivity index (χ0) is 26.8. The number of carboxylic acid groups (broad SMARTS) is 2. The van der Waals surface area contributed by atoms with Crippen molar-refractivity contribution < 1.29 is 49.8 Å². The van der Waals surface area contributed by atoms with Gasteiger partial charge in [0.2, 0.25) is 0 Å². The van der Waals surface area contributed by atoms with Crippen LogP contribution < -0.4 is 9.25 Å². The summed E-state index contributed by atoms with van der Waals surface area (Å²) in [4.78, 5) is 22.3. The first-order valence-electron chi connectivity index (χ1n) is 9.71. The Morgan fingerprint density at radius 1 is 0.944 bits per heavy atom. The van der Waals surface area contributed by atoms with Crippen LogP contribution in [0.25, 0.3) is 10.8 Å². The minimum atomic E-state index is -5.45. The topological polar surface area (TPSA) is 235 Å². The van der Waals surface area contributed by atoms with Gasteiger partial charge in [0.25, 0.3) is 0 Å². The Morgan fingerprint density at radius 3 is 2.11 bits per heavy atom. The van der Waals surface area contributed by atoms with Crippen LogP contribution in [0.4, 0.5) is 17.1 Å². The second-order valence-electron chi connectivity index (χ2n) is 7.33. The molecule has 0 radical (unpaired) electrons. The molecule has 0 aliphatic rings. The first-order chi connectivity index (χ1) is 16.7. The number of azo groups is 1. The Morgan fingerprint density at radius 2 is 1.56 bits per heavy atom. The molecule has 0 heterocycles. The SMILES string of the molecule is O=C(O)CN(CC(=O)O)c1ccc2c(O)c(N=Nc3ccccc3[As](=O)(O)O)c(S(=O)(=O)O)cc2c1. The van der Waals surface area contributed by atoms with Gasteiger partial charge in [0.05, 0.1) is 0 Å².